The van der Waals surface area contributed by atoms with Crippen LogP contribution in [0.5, 0.6) is 0 Å². The van der Waals surface area contributed by atoms with Crippen molar-refractivity contribution in [2.45, 2.75) is 64.1 Å². The number of aromatic nitrogens is 2. The molecular weight excluding hydrogens is 559 g/mol. The van der Waals surface area contributed by atoms with Crippen LogP contribution < -0.4 is 0 Å². The van der Waals surface area contributed by atoms with Crippen molar-refractivity contribution in [3.63, 3.8) is 0 Å². The minimum atomic E-state index is -1.37. The van der Waals surface area contributed by atoms with E-state index in [2.05, 4.69) is 30.7 Å². The molecular formula is C32H33FN2O4S2. The fraction of sp³-hybridized carbons (Fsp3) is 0.469. The Labute approximate surface area is 248 Å². The Bertz CT molecular complexity index is 1570. The van der Waals surface area contributed by atoms with Crippen molar-refractivity contribution in [3.8, 4) is 5.69 Å². The molecule has 41 heavy (non-hydrogen) atoms. The van der Waals surface area contributed by atoms with Crippen LogP contribution in [-0.4, -0.2) is 37.7 Å². The second kappa shape index (κ2) is 9.38. The summed E-state index contributed by atoms with van der Waals surface area (Å²) in [4.78, 5) is 26.8. The average Bonchev–Trinajstić information content (AvgIpc) is 3.66. The Hall–Kier alpha value is -2.75. The van der Waals surface area contributed by atoms with Crippen molar-refractivity contribution < 1.29 is 23.8 Å². The minimum absolute atomic E-state index is 0.00159. The van der Waals surface area contributed by atoms with Crippen molar-refractivity contribution in [3.05, 3.63) is 75.5 Å². The molecule has 0 spiro atoms. The number of rotatable bonds is 4. The topological polar surface area (TPSA) is 81.4 Å². The standard InChI is InChI=1S/C32H33FN2O4S2/c1-30-15-18-17-34-35(21-8-6-20(33)7-9-21)24(18)14-19(30)5-10-22-23-11-12-32(29(38)40,31(23,2)16-25(36)27(22)30)39-28(37)26-4-3-13-41-26/h3-4,6-9,13-14,17,22-23,25,27,36H,5,10-12,15-16H2,1-2H3,(H,38,40)/t22-,23-,25-,27+,30-,31-,32?/m0/s1. The molecule has 0 amide bonds. The molecule has 0 bridgehead atoms. The predicted octanol–water partition coefficient (Wildman–Crippen LogP) is 6.28. The number of allylic oxidation sites excluding steroid dienone is 1. The average molecular weight is 593 g/mol. The van der Waals surface area contributed by atoms with Gasteiger partial charge in [0.15, 0.2) is 5.60 Å². The fourth-order valence-electron chi connectivity index (χ4n) is 9.13. The van der Waals surface area contributed by atoms with Crippen molar-refractivity contribution in [1.29, 1.82) is 0 Å². The zero-order valence-corrected chi connectivity index (χ0v) is 24.8. The van der Waals surface area contributed by atoms with Crippen LogP contribution in [0.15, 0.2) is 53.5 Å². The maximum atomic E-state index is 13.6. The SMILES string of the molecule is C[C@]12Cc3cnn(-c4ccc(F)cc4)c3C=C1CC[C@@H]1[C@@H]2[C@@H](O)C[C@@]2(C)[C@H]1CCC2(OC(=O)c1cccs1)C(=O)S. The lowest BCUT2D eigenvalue weighted by atomic mass is 9.45. The van der Waals surface area contributed by atoms with Crippen molar-refractivity contribution in [1.82, 2.24) is 9.78 Å². The lowest BCUT2D eigenvalue weighted by Gasteiger charge is -2.60. The molecule has 2 aromatic heterocycles. The van der Waals surface area contributed by atoms with Crippen molar-refractivity contribution in [2.24, 2.45) is 28.6 Å². The number of aliphatic hydroxyl groups excluding tert-OH is 1. The molecule has 3 saturated carbocycles. The van der Waals surface area contributed by atoms with Crippen LogP contribution in [0.25, 0.3) is 11.8 Å². The summed E-state index contributed by atoms with van der Waals surface area (Å²) in [5.74, 6) is -0.491. The third-order valence-corrected chi connectivity index (χ3v) is 12.2. The van der Waals surface area contributed by atoms with Gasteiger partial charge in [-0.1, -0.05) is 25.5 Å². The molecule has 0 radical (unpaired) electrons. The second-order valence-electron chi connectivity index (χ2n) is 12.8. The Morgan fingerprint density at radius 2 is 1.98 bits per heavy atom. The van der Waals surface area contributed by atoms with Crippen LogP contribution in [0.3, 0.4) is 0 Å². The number of carbonyl (C=O) groups excluding carboxylic acids is 2. The highest BCUT2D eigenvalue weighted by Gasteiger charge is 2.70. The fourth-order valence-corrected chi connectivity index (χ4v) is 10.1. The van der Waals surface area contributed by atoms with Gasteiger partial charge in [-0.3, -0.25) is 4.79 Å². The van der Waals surface area contributed by atoms with E-state index in [4.69, 9.17) is 4.74 Å². The van der Waals surface area contributed by atoms with Gasteiger partial charge in [0, 0.05) is 5.41 Å². The number of halogens is 1. The van der Waals surface area contributed by atoms with E-state index in [1.807, 2.05) is 23.2 Å². The monoisotopic (exact) mass is 592 g/mol. The molecule has 0 aliphatic heterocycles. The summed E-state index contributed by atoms with van der Waals surface area (Å²) in [5.41, 5.74) is 1.88. The largest absolute Gasteiger partial charge is 0.445 e. The predicted molar refractivity (Wildman–Crippen MR) is 157 cm³/mol. The van der Waals surface area contributed by atoms with Gasteiger partial charge < -0.3 is 9.84 Å². The van der Waals surface area contributed by atoms with E-state index in [0.717, 1.165) is 42.6 Å². The van der Waals surface area contributed by atoms with Gasteiger partial charge in [-0.15, -0.1) is 24.0 Å². The molecule has 6 nitrogen and oxygen atoms in total. The first-order chi connectivity index (χ1) is 19.6. The summed E-state index contributed by atoms with van der Waals surface area (Å²) in [6.45, 7) is 4.29. The Kier molecular flexibility index (Phi) is 6.20. The number of hydrogen-bond donors (Lipinski definition) is 2. The first kappa shape index (κ1) is 27.1. The molecule has 214 valence electrons. The van der Waals surface area contributed by atoms with Crippen LogP contribution in [0, 0.1) is 34.4 Å². The number of thiophene rings is 1. The van der Waals surface area contributed by atoms with E-state index in [9.17, 15) is 19.1 Å². The zero-order valence-electron chi connectivity index (χ0n) is 23.0. The third-order valence-electron chi connectivity index (χ3n) is 11.0. The van der Waals surface area contributed by atoms with Crippen LogP contribution in [0.4, 0.5) is 4.39 Å². The lowest BCUT2D eigenvalue weighted by molar-refractivity contribution is -0.174. The van der Waals surface area contributed by atoms with Crippen LogP contribution in [0.2, 0.25) is 0 Å². The van der Waals surface area contributed by atoms with Gasteiger partial charge in [0.05, 0.1) is 23.7 Å². The van der Waals surface area contributed by atoms with Crippen LogP contribution >= 0.6 is 24.0 Å². The van der Waals surface area contributed by atoms with Gasteiger partial charge >= 0.3 is 5.97 Å². The van der Waals surface area contributed by atoms with Gasteiger partial charge in [0.1, 0.15) is 10.7 Å². The van der Waals surface area contributed by atoms with Gasteiger partial charge in [0.2, 0.25) is 5.12 Å². The molecule has 3 fully saturated rings. The van der Waals surface area contributed by atoms with Crippen LogP contribution in [0.1, 0.15) is 66.9 Å². The number of esters is 1. The van der Waals surface area contributed by atoms with Gasteiger partial charge in [0.25, 0.3) is 0 Å². The molecule has 1 aromatic carbocycles. The zero-order chi connectivity index (χ0) is 28.7. The molecule has 1 unspecified atom stereocenters. The number of ether oxygens (including phenoxy) is 1. The van der Waals surface area contributed by atoms with Gasteiger partial charge in [-0.25, -0.2) is 13.9 Å². The van der Waals surface area contributed by atoms with E-state index < -0.39 is 28.2 Å². The maximum absolute atomic E-state index is 13.6. The summed E-state index contributed by atoms with van der Waals surface area (Å²) in [6, 6.07) is 9.85. The minimum Gasteiger partial charge on any atom is -0.445 e. The van der Waals surface area contributed by atoms with E-state index in [-0.39, 0.29) is 29.0 Å². The Morgan fingerprint density at radius 3 is 2.68 bits per heavy atom. The van der Waals surface area contributed by atoms with E-state index in [1.54, 1.807) is 24.3 Å². The molecule has 0 saturated heterocycles. The number of aliphatic hydroxyl groups is 1. The highest BCUT2D eigenvalue weighted by molar-refractivity contribution is 7.96. The quantitative estimate of drug-likeness (QED) is 0.275. The second-order valence-corrected chi connectivity index (χ2v) is 14.1. The summed E-state index contributed by atoms with van der Waals surface area (Å²) >= 11 is 5.59. The van der Waals surface area contributed by atoms with Crippen LogP contribution in [-0.2, 0) is 16.0 Å². The molecule has 7 atom stereocenters. The number of fused-ring (bicyclic) bond motifs is 6. The number of benzene rings is 1. The molecule has 3 aromatic rings. The summed E-state index contributed by atoms with van der Waals surface area (Å²) < 4.78 is 21.6. The molecule has 4 aliphatic rings. The highest BCUT2D eigenvalue weighted by atomic mass is 32.1. The van der Waals surface area contributed by atoms with Crippen molar-refractivity contribution in [2.75, 3.05) is 0 Å². The normalized spacial score (nSPS) is 35.5. The molecule has 4 aliphatic carbocycles. The van der Waals surface area contributed by atoms with Gasteiger partial charge in [-0.2, -0.15) is 5.10 Å². The lowest BCUT2D eigenvalue weighted by Crippen LogP contribution is -2.62. The molecule has 2 heterocycles. The van der Waals surface area contributed by atoms with E-state index in [0.29, 0.717) is 17.7 Å². The first-order valence-electron chi connectivity index (χ1n) is 14.3. The summed E-state index contributed by atoms with van der Waals surface area (Å²) in [7, 11) is 0. The third kappa shape index (κ3) is 3.81. The Balaban J connectivity index is 1.22. The summed E-state index contributed by atoms with van der Waals surface area (Å²) in [6.07, 6.45) is 7.49. The first-order valence-corrected chi connectivity index (χ1v) is 15.6. The van der Waals surface area contributed by atoms with E-state index in [1.165, 1.54) is 29.0 Å². The number of nitrogens with zero attached hydrogens (tertiary/aromatic N) is 2. The van der Waals surface area contributed by atoms with Crippen molar-refractivity contribution >= 4 is 41.1 Å². The van der Waals surface area contributed by atoms with E-state index >= 15 is 0 Å². The molecule has 1 N–H and O–H groups in total. The number of thiol groups is 1. The smallest absolute Gasteiger partial charge is 0.349 e. The molecule has 9 heteroatoms. The Morgan fingerprint density at radius 1 is 1.20 bits per heavy atom. The maximum Gasteiger partial charge on any atom is 0.349 e. The summed E-state index contributed by atoms with van der Waals surface area (Å²) in [5, 5.41) is 18.0. The van der Waals surface area contributed by atoms with Gasteiger partial charge in [-0.05, 0) is 109 Å². The molecule has 7 rings (SSSR count). The highest BCUT2D eigenvalue weighted by Crippen LogP contribution is 2.68. The number of hydrogen-bond acceptors (Lipinski definition) is 6. The number of carbonyl (C=O) groups is 2.